The lowest BCUT2D eigenvalue weighted by molar-refractivity contribution is -0.116. The number of amides is 1. The molecule has 9 heterocycles. The van der Waals surface area contributed by atoms with Crippen molar-refractivity contribution in [2.45, 2.75) is 71.8 Å². The Morgan fingerprint density at radius 2 is 0.833 bits per heavy atom. The Hall–Kier alpha value is -11.5. The predicted octanol–water partition coefficient (Wildman–Crippen LogP) is 17.1. The zero-order chi connectivity index (χ0) is 82.4. The molecule has 4 unspecified atom stereocenters. The fourth-order valence-corrected chi connectivity index (χ4v) is 15.0. The molecule has 0 aliphatic carbocycles. The summed E-state index contributed by atoms with van der Waals surface area (Å²) >= 11 is 17.6. The molecule has 0 spiro atoms. The Bertz CT molecular complexity index is 5150. The topological polar surface area (TPSA) is 227 Å². The number of ketones is 9. The lowest BCUT2D eigenvalue weighted by Crippen LogP contribution is -2.35. The van der Waals surface area contributed by atoms with E-state index in [1.807, 2.05) is 245 Å². The van der Waals surface area contributed by atoms with Gasteiger partial charge in [0.25, 0.3) is 0 Å². The highest BCUT2D eigenvalue weighted by molar-refractivity contribution is 6.38. The van der Waals surface area contributed by atoms with Crippen molar-refractivity contribution >= 4 is 144 Å². The van der Waals surface area contributed by atoms with Crippen LogP contribution in [0.4, 0.5) is 51.2 Å². The highest BCUT2D eigenvalue weighted by Gasteiger charge is 2.35. The lowest BCUT2D eigenvalue weighted by atomic mass is 9.93. The van der Waals surface area contributed by atoms with Crippen molar-refractivity contribution in [1.82, 2.24) is 0 Å². The number of ether oxygens (including phenoxy) is 1. The van der Waals surface area contributed by atoms with Crippen LogP contribution in [0.25, 0.3) is 0 Å². The number of halogens is 3. The van der Waals surface area contributed by atoms with E-state index in [0.717, 1.165) is 140 Å². The number of aryl methyl sites for hydroxylation is 1. The average Bonchev–Trinajstić information content (AvgIpc) is 1.67. The summed E-state index contributed by atoms with van der Waals surface area (Å²) in [5.74, 6) is 2.64. The van der Waals surface area contributed by atoms with Crippen molar-refractivity contribution in [2.75, 3.05) is 140 Å². The Labute approximate surface area is 681 Å². The molecule has 20 nitrogen and oxygen atoms in total. The molecule has 1 amide bonds. The van der Waals surface area contributed by atoms with Crippen LogP contribution in [0.5, 0.6) is 5.75 Å². The lowest BCUT2D eigenvalue weighted by Gasteiger charge is -2.30. The quantitative estimate of drug-likeness (QED) is 0.115. The average molecular weight is 1600 g/mol. The van der Waals surface area contributed by atoms with E-state index in [2.05, 4.69) is 30.2 Å². The van der Waals surface area contributed by atoms with Crippen LogP contribution < -0.4 is 49.7 Å². The van der Waals surface area contributed by atoms with Crippen molar-refractivity contribution in [3.05, 3.63) is 260 Å². The fourth-order valence-electron chi connectivity index (χ4n) is 14.5. The number of alkyl halides is 1. The molecule has 9 aliphatic heterocycles. The Morgan fingerprint density at radius 1 is 0.395 bits per heavy atom. The molecular weight excluding hydrogens is 1500 g/mol. The van der Waals surface area contributed by atoms with E-state index in [4.69, 9.17) is 39.5 Å². The van der Waals surface area contributed by atoms with Gasteiger partial charge in [0.15, 0.2) is 51.8 Å². The van der Waals surface area contributed by atoms with Gasteiger partial charge in [-0.1, -0.05) is 121 Å². The first kappa shape index (κ1) is 85.0. The monoisotopic (exact) mass is 1600 g/mol. The number of hydrogen-bond acceptors (Lipinski definition) is 19. The third-order valence-corrected chi connectivity index (χ3v) is 22.0. The van der Waals surface area contributed by atoms with Crippen LogP contribution in [0.1, 0.15) is 152 Å². The van der Waals surface area contributed by atoms with Crippen LogP contribution in [-0.2, 0) is 4.79 Å². The van der Waals surface area contributed by atoms with E-state index in [9.17, 15) is 47.9 Å². The summed E-state index contributed by atoms with van der Waals surface area (Å²) < 4.78 is 5.15. The van der Waals surface area contributed by atoms with Gasteiger partial charge in [-0.15, -0.1) is 0 Å². The minimum Gasteiger partial charge on any atom is -0.497 e. The van der Waals surface area contributed by atoms with E-state index < -0.39 is 5.50 Å². The summed E-state index contributed by atoms with van der Waals surface area (Å²) in [5, 5.41) is 7.48. The molecule has 0 radical (unpaired) electrons. The highest BCUT2D eigenvalue weighted by atomic mass is 35.5. The molecule has 18 rings (SSSR count). The second-order valence-electron chi connectivity index (χ2n) is 29.0. The molecule has 9 aliphatic rings. The molecule has 0 fully saturated rings. The molecule has 592 valence electrons. The summed E-state index contributed by atoms with van der Waals surface area (Å²) in [4.78, 5) is 129. The number of benzene rings is 9. The largest absolute Gasteiger partial charge is 0.497 e. The number of nitrogens with zero attached hydrogens (tertiary/aromatic N) is 7. The molecule has 2 N–H and O–H groups in total. The maximum absolute atomic E-state index is 11.9. The number of carbonyl (C=O) groups excluding carboxylic acids is 10. The van der Waals surface area contributed by atoms with E-state index in [0.29, 0.717) is 54.4 Å². The number of para-hydroxylation sites is 5. The smallest absolute Gasteiger partial charge is 0.223 e. The molecule has 23 heteroatoms. The first-order chi connectivity index (χ1) is 54.5. The van der Waals surface area contributed by atoms with Crippen LogP contribution in [-0.4, -0.2) is 165 Å². The number of likely N-dealkylation sites (N-methyl/N-ethyl adjacent to an activating group) is 2. The number of carbonyl (C=O) groups is 10. The van der Waals surface area contributed by atoms with Gasteiger partial charge in [0.1, 0.15) is 5.75 Å². The summed E-state index contributed by atoms with van der Waals surface area (Å²) in [6.45, 7) is 14.3. The van der Waals surface area contributed by atoms with E-state index in [-0.39, 0.29) is 75.8 Å². The normalized spacial score (nSPS) is 18.0. The van der Waals surface area contributed by atoms with Crippen LogP contribution in [0.2, 0.25) is 10.0 Å². The summed E-state index contributed by atoms with van der Waals surface area (Å²) in [6.07, 6.45) is 2.28. The number of methoxy groups -OCH3 is 1. The molecule has 114 heavy (non-hydrogen) atoms. The minimum atomic E-state index is -0.526. The summed E-state index contributed by atoms with van der Waals surface area (Å²) in [6, 6.07) is 60.2. The second kappa shape index (κ2) is 38.4. The maximum Gasteiger partial charge on any atom is 0.223 e. The number of anilines is 9. The first-order valence-electron chi connectivity index (χ1n) is 37.8. The SMILES string of the molecule is CC(=O)N1CCC(=O)c2ccccc21.CC1CN(C)c2cc(Cl)ccc2C1=O.CN1CCC(=O)c2cc(Cl)ccc21.CN1CCC(=O)c2ccccc21.CN1c2ccccc2C(=O)C1Cl.COc1ccc2c(c1)N(C)CC(C)C2=O.Cc1ccc2c(c1)C(=O)C(C)N2C.O=C1CCNc2ccccc21.O=C1CNc2ccccc21. The Balaban J connectivity index is 0.000000136. The number of rotatable bonds is 1. The molecule has 0 aromatic heterocycles. The van der Waals surface area contributed by atoms with Gasteiger partial charge in [0.05, 0.1) is 31.1 Å². The minimum absolute atomic E-state index is 0.00296. The molecular formula is C91H96Cl3N9O11. The third kappa shape index (κ3) is 19.9. The van der Waals surface area contributed by atoms with Crippen molar-refractivity contribution in [2.24, 2.45) is 11.8 Å². The standard InChI is InChI=1S/C12H15NO2.C11H12ClNO.C11H11NO2.C11H13NO.C10H10ClNO.C10H11NO.C9H8ClNO.C9H9NO.C8H7NO/c1-8-7-13(2)11-6-9(15-3)4-5-10(11)12(8)14;1-7-6-13(2)10-5-8(12)3-4-9(10)11(7)14;1-8(13)12-7-6-11(14)9-4-2-3-5-10(9)12;1-7-4-5-10-9(6-7)11(13)8(2)12(10)3;1-12-5-4-10(13)8-6-7(11)2-3-9(8)12;1-11-7-6-10(12)8-4-2-3-5-9(8)11;1-11-7-5-3-2-4-6(7)8(12)9(11)10;11-9-5-6-10-8-4-2-1-3-7(8)9;10-8-5-9-7-4-2-1-3-6(7)8/h4-6,8H,7H2,1-3H3;3-5,7H,6H2,1-2H3;2-5H,6-7H2,1H3;4-6,8H,1-3H3;2-3,6H,4-5H2,1H3;2-5H,6-7H2,1H3;2-5,9H,1H3;1-4,10H,5-6H2;1-4,9H,5H2. The number of hydrogen-bond donors (Lipinski definition) is 2. The highest BCUT2D eigenvalue weighted by Crippen LogP contribution is 2.37. The van der Waals surface area contributed by atoms with Gasteiger partial charge in [0, 0.05) is 232 Å². The number of nitrogens with one attached hydrogen (secondary N) is 2. The predicted molar refractivity (Wildman–Crippen MR) is 459 cm³/mol. The van der Waals surface area contributed by atoms with Gasteiger partial charge in [0.2, 0.25) is 11.7 Å². The van der Waals surface area contributed by atoms with Crippen molar-refractivity contribution in [1.29, 1.82) is 0 Å². The zero-order valence-corrected chi connectivity index (χ0v) is 68.6. The van der Waals surface area contributed by atoms with Crippen molar-refractivity contribution in [3.8, 4) is 5.75 Å². The summed E-state index contributed by atoms with van der Waals surface area (Å²) in [5.41, 5.74) is 16.4. The Morgan fingerprint density at radius 3 is 1.39 bits per heavy atom. The van der Waals surface area contributed by atoms with Crippen molar-refractivity contribution in [3.63, 3.8) is 0 Å². The fraction of sp³-hybridized carbons (Fsp3) is 0.297. The number of fused-ring (bicyclic) bond motifs is 9. The number of Topliss-reactive ketones (excluding diaryl/α,β-unsaturated/α-hetero) is 9. The van der Waals surface area contributed by atoms with E-state index in [1.165, 1.54) is 6.92 Å². The van der Waals surface area contributed by atoms with Gasteiger partial charge in [-0.05, 0) is 135 Å². The van der Waals surface area contributed by atoms with Crippen LogP contribution in [0.15, 0.2) is 194 Å². The van der Waals surface area contributed by atoms with Gasteiger partial charge in [-0.2, -0.15) is 0 Å². The van der Waals surface area contributed by atoms with Gasteiger partial charge in [-0.25, -0.2) is 0 Å². The van der Waals surface area contributed by atoms with Gasteiger partial charge < -0.3 is 49.7 Å². The summed E-state index contributed by atoms with van der Waals surface area (Å²) in [7, 11) is 13.4. The Kier molecular flexibility index (Phi) is 28.6. The van der Waals surface area contributed by atoms with E-state index in [1.54, 1.807) is 41.2 Å². The third-order valence-electron chi connectivity index (χ3n) is 21.0. The van der Waals surface area contributed by atoms with Crippen molar-refractivity contribution < 1.29 is 52.7 Å². The van der Waals surface area contributed by atoms with Gasteiger partial charge >= 0.3 is 0 Å². The molecule has 0 bridgehead atoms. The maximum atomic E-state index is 11.9. The first-order valence-corrected chi connectivity index (χ1v) is 39.0. The van der Waals surface area contributed by atoms with Gasteiger partial charge in [-0.3, -0.25) is 47.9 Å². The molecule has 4 atom stereocenters. The second-order valence-corrected chi connectivity index (χ2v) is 30.3. The van der Waals surface area contributed by atoms with Crippen LogP contribution >= 0.6 is 34.8 Å². The molecule has 0 saturated carbocycles. The molecule has 9 aromatic carbocycles. The van der Waals surface area contributed by atoms with Crippen LogP contribution in [0, 0.1) is 18.8 Å². The molecule has 0 saturated heterocycles. The van der Waals surface area contributed by atoms with E-state index >= 15 is 0 Å². The zero-order valence-electron chi connectivity index (χ0n) is 66.3. The molecule has 9 aromatic rings. The van der Waals surface area contributed by atoms with Crippen LogP contribution in [0.3, 0.4) is 0 Å².